The molecule has 4 rings (SSSR count). The standard InChI is InChI=1S/C20H17FN4OS/c1-2-15-7-3-4-9-17(15)27-19-18-23-25(20(26)24(18)11-10-22-19)13-14-6-5-8-16(21)12-14/h3-12H,2,13H2,1H3. The minimum absolute atomic E-state index is 0.202. The Morgan fingerprint density at radius 2 is 2.00 bits per heavy atom. The highest BCUT2D eigenvalue weighted by atomic mass is 32.2. The molecule has 2 heterocycles. The molecule has 7 heteroatoms. The normalized spacial score (nSPS) is 11.2. The highest BCUT2D eigenvalue weighted by Crippen LogP contribution is 2.31. The summed E-state index contributed by atoms with van der Waals surface area (Å²) in [6.45, 7) is 2.31. The first-order valence-electron chi connectivity index (χ1n) is 8.60. The zero-order chi connectivity index (χ0) is 18.8. The fourth-order valence-electron chi connectivity index (χ4n) is 2.91. The van der Waals surface area contributed by atoms with E-state index >= 15 is 0 Å². The van der Waals surface area contributed by atoms with Crippen LogP contribution in [0.2, 0.25) is 0 Å². The molecule has 27 heavy (non-hydrogen) atoms. The van der Waals surface area contributed by atoms with Gasteiger partial charge in [0.2, 0.25) is 0 Å². The molecule has 2 aromatic heterocycles. The second kappa shape index (κ2) is 7.36. The number of aromatic nitrogens is 4. The second-order valence-corrected chi connectivity index (χ2v) is 7.09. The summed E-state index contributed by atoms with van der Waals surface area (Å²) in [6, 6.07) is 14.3. The predicted molar refractivity (Wildman–Crippen MR) is 103 cm³/mol. The van der Waals surface area contributed by atoms with E-state index in [9.17, 15) is 9.18 Å². The van der Waals surface area contributed by atoms with E-state index in [1.54, 1.807) is 24.5 Å². The van der Waals surface area contributed by atoms with Gasteiger partial charge in [-0.05, 0) is 35.7 Å². The van der Waals surface area contributed by atoms with E-state index in [0.29, 0.717) is 16.2 Å². The van der Waals surface area contributed by atoms with E-state index in [0.717, 1.165) is 11.3 Å². The third-order valence-electron chi connectivity index (χ3n) is 4.25. The molecule has 0 aliphatic heterocycles. The quantitative estimate of drug-likeness (QED) is 0.529. The van der Waals surface area contributed by atoms with Crippen LogP contribution in [0, 0.1) is 5.82 Å². The third kappa shape index (κ3) is 3.50. The molecule has 0 radical (unpaired) electrons. The highest BCUT2D eigenvalue weighted by molar-refractivity contribution is 7.99. The van der Waals surface area contributed by atoms with Crippen molar-refractivity contribution in [2.75, 3.05) is 0 Å². The maximum atomic E-state index is 13.4. The van der Waals surface area contributed by atoms with Gasteiger partial charge in [-0.15, -0.1) is 5.10 Å². The number of aryl methyl sites for hydroxylation is 1. The van der Waals surface area contributed by atoms with Crippen molar-refractivity contribution in [3.05, 3.63) is 88.4 Å². The van der Waals surface area contributed by atoms with Gasteiger partial charge in [0.05, 0.1) is 6.54 Å². The van der Waals surface area contributed by atoms with Gasteiger partial charge in [-0.2, -0.15) is 0 Å². The molecule has 4 aromatic rings. The summed E-state index contributed by atoms with van der Waals surface area (Å²) in [5, 5.41) is 5.11. The van der Waals surface area contributed by atoms with Crippen LogP contribution in [-0.2, 0) is 13.0 Å². The van der Waals surface area contributed by atoms with Crippen molar-refractivity contribution in [1.29, 1.82) is 0 Å². The molecule has 0 aliphatic rings. The lowest BCUT2D eigenvalue weighted by molar-refractivity contribution is 0.615. The number of benzene rings is 2. The van der Waals surface area contributed by atoms with Crippen LogP contribution in [0.5, 0.6) is 0 Å². The van der Waals surface area contributed by atoms with Gasteiger partial charge in [0.1, 0.15) is 10.8 Å². The van der Waals surface area contributed by atoms with Crippen molar-refractivity contribution in [1.82, 2.24) is 19.2 Å². The van der Waals surface area contributed by atoms with Crippen molar-refractivity contribution < 1.29 is 4.39 Å². The Balaban J connectivity index is 1.74. The number of rotatable bonds is 5. The average molecular weight is 380 g/mol. The van der Waals surface area contributed by atoms with Gasteiger partial charge < -0.3 is 0 Å². The lowest BCUT2D eigenvalue weighted by atomic mass is 10.2. The minimum atomic E-state index is -0.335. The molecular weight excluding hydrogens is 363 g/mol. The lowest BCUT2D eigenvalue weighted by Crippen LogP contribution is -2.21. The Morgan fingerprint density at radius 1 is 1.15 bits per heavy atom. The van der Waals surface area contributed by atoms with Crippen molar-refractivity contribution in [2.45, 2.75) is 29.8 Å². The summed E-state index contributed by atoms with van der Waals surface area (Å²) in [6.07, 6.45) is 4.11. The van der Waals surface area contributed by atoms with E-state index in [1.807, 2.05) is 18.2 Å². The fourth-order valence-corrected chi connectivity index (χ4v) is 3.95. The first-order valence-corrected chi connectivity index (χ1v) is 9.41. The van der Waals surface area contributed by atoms with Gasteiger partial charge in [0, 0.05) is 17.3 Å². The van der Waals surface area contributed by atoms with Crippen LogP contribution >= 0.6 is 11.8 Å². The summed E-state index contributed by atoms with van der Waals surface area (Å²) in [5.41, 5.74) is 2.11. The Morgan fingerprint density at radius 3 is 2.81 bits per heavy atom. The van der Waals surface area contributed by atoms with Crippen LogP contribution in [0.4, 0.5) is 4.39 Å². The number of hydrogen-bond donors (Lipinski definition) is 0. The molecule has 0 fully saturated rings. The molecule has 0 unspecified atom stereocenters. The van der Waals surface area contributed by atoms with E-state index < -0.39 is 0 Å². The van der Waals surface area contributed by atoms with Crippen molar-refractivity contribution in [2.24, 2.45) is 0 Å². The van der Waals surface area contributed by atoms with Crippen LogP contribution in [-0.4, -0.2) is 19.2 Å². The van der Waals surface area contributed by atoms with E-state index in [-0.39, 0.29) is 18.1 Å². The zero-order valence-corrected chi connectivity index (χ0v) is 15.5. The van der Waals surface area contributed by atoms with Gasteiger partial charge in [-0.3, -0.25) is 0 Å². The molecule has 0 saturated carbocycles. The van der Waals surface area contributed by atoms with Gasteiger partial charge in [-0.25, -0.2) is 23.3 Å². The molecule has 2 aromatic carbocycles. The summed E-state index contributed by atoms with van der Waals surface area (Å²) >= 11 is 1.49. The average Bonchev–Trinajstić information content (AvgIpc) is 2.99. The topological polar surface area (TPSA) is 52.2 Å². The summed E-state index contributed by atoms with van der Waals surface area (Å²) in [5.74, 6) is -0.335. The Labute approximate surface area is 159 Å². The van der Waals surface area contributed by atoms with E-state index in [2.05, 4.69) is 23.1 Å². The highest BCUT2D eigenvalue weighted by Gasteiger charge is 2.14. The smallest absolute Gasteiger partial charge is 0.246 e. The minimum Gasteiger partial charge on any atom is -0.246 e. The SMILES string of the molecule is CCc1ccccc1Sc1nccn2c(=O)n(Cc3cccc(F)c3)nc12. The Kier molecular flexibility index (Phi) is 4.77. The van der Waals surface area contributed by atoms with Crippen molar-refractivity contribution >= 4 is 17.4 Å². The number of fused-ring (bicyclic) bond motifs is 1. The molecule has 0 saturated heterocycles. The lowest BCUT2D eigenvalue weighted by Gasteiger charge is -2.06. The van der Waals surface area contributed by atoms with Crippen LogP contribution in [0.1, 0.15) is 18.1 Å². The predicted octanol–water partition coefficient (Wildman–Crippen LogP) is 3.79. The van der Waals surface area contributed by atoms with Crippen molar-refractivity contribution in [3.8, 4) is 0 Å². The first kappa shape index (κ1) is 17.5. The van der Waals surface area contributed by atoms with Crippen LogP contribution in [0.3, 0.4) is 0 Å². The number of hydrogen-bond acceptors (Lipinski definition) is 4. The van der Waals surface area contributed by atoms with E-state index in [1.165, 1.54) is 38.5 Å². The molecule has 0 bridgehead atoms. The van der Waals surface area contributed by atoms with Gasteiger partial charge >= 0.3 is 5.69 Å². The molecule has 136 valence electrons. The van der Waals surface area contributed by atoms with Gasteiger partial charge in [0.15, 0.2) is 5.65 Å². The number of halogens is 1. The molecule has 0 amide bonds. The van der Waals surface area contributed by atoms with Crippen LogP contribution < -0.4 is 5.69 Å². The zero-order valence-electron chi connectivity index (χ0n) is 14.7. The van der Waals surface area contributed by atoms with Gasteiger partial charge in [-0.1, -0.05) is 49.0 Å². The van der Waals surface area contributed by atoms with Gasteiger partial charge in [0.25, 0.3) is 0 Å². The second-order valence-electron chi connectivity index (χ2n) is 6.06. The largest absolute Gasteiger partial charge is 0.350 e. The summed E-state index contributed by atoms with van der Waals surface area (Å²) in [4.78, 5) is 18.2. The Hall–Kier alpha value is -2.93. The molecule has 0 N–H and O–H groups in total. The maximum absolute atomic E-state index is 13.4. The van der Waals surface area contributed by atoms with E-state index in [4.69, 9.17) is 0 Å². The molecule has 0 aliphatic carbocycles. The first-order chi connectivity index (χ1) is 13.2. The summed E-state index contributed by atoms with van der Waals surface area (Å²) < 4.78 is 16.2. The molecule has 0 atom stereocenters. The maximum Gasteiger partial charge on any atom is 0.350 e. The molecule has 0 spiro atoms. The van der Waals surface area contributed by atoms with Crippen LogP contribution in [0.25, 0.3) is 5.65 Å². The summed E-state index contributed by atoms with van der Waals surface area (Å²) in [7, 11) is 0. The molecular formula is C20H17FN4OS. The fraction of sp³-hybridized carbons (Fsp3) is 0.150. The number of nitrogens with zero attached hydrogens (tertiary/aromatic N) is 4. The van der Waals surface area contributed by atoms with Crippen LogP contribution in [0.15, 0.2) is 75.6 Å². The monoisotopic (exact) mass is 380 g/mol. The molecule has 5 nitrogen and oxygen atoms in total. The Bertz CT molecular complexity index is 1170. The van der Waals surface area contributed by atoms with Crippen molar-refractivity contribution in [3.63, 3.8) is 0 Å². The third-order valence-corrected chi connectivity index (χ3v) is 5.35.